The molecule has 1 fully saturated rings. The number of aryl methyl sites for hydroxylation is 1. The average molecular weight is 407 g/mol. The van der Waals surface area contributed by atoms with Gasteiger partial charge in [-0.3, -0.25) is 0 Å². The summed E-state index contributed by atoms with van der Waals surface area (Å²) in [5.41, 5.74) is 5.99. The Morgan fingerprint density at radius 1 is 1.00 bits per heavy atom. The molecule has 2 atom stereocenters. The predicted molar refractivity (Wildman–Crippen MR) is 118 cm³/mol. The van der Waals surface area contributed by atoms with E-state index in [0.29, 0.717) is 0 Å². The topological polar surface area (TPSA) is 22.3 Å². The molecule has 3 heterocycles. The van der Waals surface area contributed by atoms with Crippen LogP contribution in [-0.2, 0) is 15.3 Å². The van der Waals surface area contributed by atoms with Crippen molar-refractivity contribution in [3.63, 3.8) is 0 Å². The quantitative estimate of drug-likeness (QED) is 0.280. The van der Waals surface area contributed by atoms with Crippen LogP contribution in [0.3, 0.4) is 0 Å². The van der Waals surface area contributed by atoms with Crippen molar-refractivity contribution >= 4 is 24.2 Å². The number of benzene rings is 2. The Hall–Kier alpha value is -2.05. The number of quaternary nitrogens is 1. The second kappa shape index (κ2) is 5.76. The Kier molecular flexibility index (Phi) is 3.76. The van der Waals surface area contributed by atoms with E-state index in [1.807, 2.05) is 0 Å². The zero-order chi connectivity index (χ0) is 20.8. The number of rotatable bonds is 3. The third-order valence-corrected chi connectivity index (χ3v) is 9.03. The summed E-state index contributed by atoms with van der Waals surface area (Å²) >= 11 is 0. The second-order valence-corrected chi connectivity index (χ2v) is 14.6. The Morgan fingerprint density at radius 3 is 2.38 bits per heavy atom. The third-order valence-electron chi connectivity index (χ3n) is 6.98. The maximum Gasteiger partial charge on any atom is 0.415 e. The normalized spacial score (nSPS) is 24.0. The fourth-order valence-corrected chi connectivity index (χ4v) is 7.26. The molecule has 1 aromatic heterocycles. The molecule has 2 aromatic carbocycles. The lowest BCUT2D eigenvalue weighted by molar-refractivity contribution is -1.22. The van der Waals surface area contributed by atoms with Gasteiger partial charge in [0, 0.05) is 27.9 Å². The van der Waals surface area contributed by atoms with E-state index < -0.39 is 8.07 Å². The lowest BCUT2D eigenvalue weighted by Gasteiger charge is -2.21. The highest BCUT2D eigenvalue weighted by molar-refractivity contribution is 6.90. The number of hydrogen-bond donors (Lipinski definition) is 0. The van der Waals surface area contributed by atoms with Crippen LogP contribution in [0.15, 0.2) is 48.5 Å². The average Bonchev–Trinajstić information content (AvgIpc) is 3.26. The van der Waals surface area contributed by atoms with Crippen molar-refractivity contribution in [1.82, 2.24) is 0 Å². The van der Waals surface area contributed by atoms with Crippen LogP contribution in [0.4, 0.5) is 0 Å². The van der Waals surface area contributed by atoms with Gasteiger partial charge in [-0.05, 0) is 24.2 Å². The summed E-state index contributed by atoms with van der Waals surface area (Å²) in [6, 6.07) is 18.2. The number of aromatic nitrogens is 1. The number of hydrogen-bond acceptors (Lipinski definition) is 2. The van der Waals surface area contributed by atoms with Gasteiger partial charge < -0.3 is 0 Å². The van der Waals surface area contributed by atoms with E-state index in [4.69, 9.17) is 9.68 Å². The minimum atomic E-state index is -1.49. The monoisotopic (exact) mass is 406 g/mol. The van der Waals surface area contributed by atoms with Gasteiger partial charge in [0.1, 0.15) is 0 Å². The van der Waals surface area contributed by atoms with Crippen LogP contribution in [-0.4, -0.2) is 27.1 Å². The Bertz CT molecular complexity index is 1160. The van der Waals surface area contributed by atoms with Crippen LogP contribution in [0.25, 0.3) is 22.2 Å². The molecule has 0 amide bonds. The summed E-state index contributed by atoms with van der Waals surface area (Å²) in [4.78, 5) is 12.2. The Balaban J connectivity index is 1.93. The number of pyridine rings is 1. The summed E-state index contributed by atoms with van der Waals surface area (Å²) in [5.74, 6) is 0. The lowest BCUT2D eigenvalue weighted by atomic mass is 9.91. The number of nitrogens with zero attached hydrogens (tertiary/aromatic N) is 2. The fourth-order valence-electron chi connectivity index (χ4n) is 5.64. The van der Waals surface area contributed by atoms with Crippen LogP contribution < -0.4 is 9.75 Å². The maximum absolute atomic E-state index is 6.04. The first-order valence-electron chi connectivity index (χ1n) is 10.3. The van der Waals surface area contributed by atoms with Crippen molar-refractivity contribution in [3.05, 3.63) is 59.7 Å². The van der Waals surface area contributed by atoms with Gasteiger partial charge in [0.25, 0.3) is 0 Å². The van der Waals surface area contributed by atoms with E-state index in [-0.39, 0.29) is 16.5 Å². The van der Waals surface area contributed by atoms with Crippen molar-refractivity contribution in [2.45, 2.75) is 45.2 Å². The van der Waals surface area contributed by atoms with E-state index >= 15 is 0 Å². The molecule has 0 aliphatic carbocycles. The van der Waals surface area contributed by atoms with Crippen LogP contribution >= 0.6 is 0 Å². The highest BCUT2D eigenvalue weighted by Gasteiger charge is 2.93. The summed E-state index contributed by atoms with van der Waals surface area (Å²) in [6.07, 6.45) is 0. The molecule has 5 rings (SSSR count). The van der Waals surface area contributed by atoms with E-state index in [1.165, 1.54) is 38.5 Å². The second-order valence-electron chi connectivity index (χ2n) is 9.59. The van der Waals surface area contributed by atoms with Gasteiger partial charge in [-0.1, -0.05) is 49.5 Å². The van der Waals surface area contributed by atoms with E-state index in [2.05, 4.69) is 86.6 Å². The van der Waals surface area contributed by atoms with Gasteiger partial charge in [-0.15, -0.1) is 4.57 Å². The Labute approximate surface area is 173 Å². The van der Waals surface area contributed by atoms with E-state index in [0.717, 1.165) is 0 Å². The lowest BCUT2D eigenvalue weighted by Crippen LogP contribution is -2.56. The van der Waals surface area contributed by atoms with Gasteiger partial charge in [0.05, 0.1) is 34.8 Å². The predicted octanol–water partition coefficient (Wildman–Crippen LogP) is 4.33. The Morgan fingerprint density at radius 2 is 1.72 bits per heavy atom. The molecule has 2 aliphatic rings. The molecule has 3 aromatic rings. The van der Waals surface area contributed by atoms with E-state index in [1.54, 1.807) is 14.2 Å². The molecule has 1 saturated heterocycles. The molecule has 0 bridgehead atoms. The standard InChI is InChI=1S/C24H30N2O2Si/c1-16-11-12-17-19(15-16)21-14-13-18-20(9-8-10-22(18)29(5,6)7)25(21)24(2)23(17)26(24,27-3)28-4/h8-15,23H,1-7H3/q+2. The molecule has 5 heteroatoms. The molecule has 0 radical (unpaired) electrons. The van der Waals surface area contributed by atoms with E-state index in [9.17, 15) is 0 Å². The molecular weight excluding hydrogens is 376 g/mol. The van der Waals surface area contributed by atoms with Crippen molar-refractivity contribution in [2.75, 3.05) is 14.2 Å². The minimum absolute atomic E-state index is 0.103. The van der Waals surface area contributed by atoms with Gasteiger partial charge >= 0.3 is 11.7 Å². The van der Waals surface area contributed by atoms with Gasteiger partial charge in [0.15, 0.2) is 0 Å². The molecule has 0 saturated carbocycles. The molecule has 0 spiro atoms. The molecule has 2 aliphatic heterocycles. The highest BCUT2D eigenvalue weighted by Crippen LogP contribution is 2.66. The zero-order valence-electron chi connectivity index (χ0n) is 18.4. The molecular formula is C24H30N2O2Si+2. The van der Waals surface area contributed by atoms with Crippen molar-refractivity contribution in [2.24, 2.45) is 0 Å². The van der Waals surface area contributed by atoms with Gasteiger partial charge in [-0.2, -0.15) is 9.68 Å². The summed E-state index contributed by atoms with van der Waals surface area (Å²) in [7, 11) is 2.01. The molecule has 29 heavy (non-hydrogen) atoms. The summed E-state index contributed by atoms with van der Waals surface area (Å²) < 4.78 is 2.48. The van der Waals surface area contributed by atoms with Crippen LogP contribution in [0.2, 0.25) is 19.6 Å². The molecule has 150 valence electrons. The first-order valence-corrected chi connectivity index (χ1v) is 13.8. The van der Waals surface area contributed by atoms with Crippen LogP contribution in [0.5, 0.6) is 0 Å². The molecule has 0 N–H and O–H groups in total. The first kappa shape index (κ1) is 18.9. The number of hydroxylamine groups is 4. The highest BCUT2D eigenvalue weighted by atomic mass is 28.3. The maximum atomic E-state index is 6.04. The van der Waals surface area contributed by atoms with Crippen LogP contribution in [0.1, 0.15) is 24.1 Å². The minimum Gasteiger partial charge on any atom is -0.164 e. The fraction of sp³-hybridized carbons (Fsp3) is 0.375. The van der Waals surface area contributed by atoms with Crippen molar-refractivity contribution < 1.29 is 19.1 Å². The summed E-state index contributed by atoms with van der Waals surface area (Å²) in [5, 5.41) is 2.85. The SMILES string of the molecule is CO[N+]1(OC)C2c3ccc(C)cc3-c3ccc4c([Si](C)(C)C)cccc4[n+]3C21C. The number of fused-ring (bicyclic) bond motifs is 8. The first-order chi connectivity index (χ1) is 13.7. The third kappa shape index (κ3) is 2.16. The van der Waals surface area contributed by atoms with Crippen molar-refractivity contribution in [1.29, 1.82) is 0 Å². The summed E-state index contributed by atoms with van der Waals surface area (Å²) in [6.45, 7) is 11.7. The molecule has 4 nitrogen and oxygen atoms in total. The van der Waals surface area contributed by atoms with Gasteiger partial charge in [-0.25, -0.2) is 0 Å². The van der Waals surface area contributed by atoms with Gasteiger partial charge in [0.2, 0.25) is 11.2 Å². The van der Waals surface area contributed by atoms with Crippen molar-refractivity contribution in [3.8, 4) is 11.3 Å². The van der Waals surface area contributed by atoms with Crippen LogP contribution in [0, 0.1) is 6.92 Å². The smallest absolute Gasteiger partial charge is 0.164 e. The largest absolute Gasteiger partial charge is 0.415 e. The molecule has 2 unspecified atom stereocenters. The zero-order valence-corrected chi connectivity index (χ0v) is 19.4.